The number of aromatic nitrogens is 2. The van der Waals surface area contributed by atoms with Crippen molar-refractivity contribution in [2.75, 3.05) is 6.79 Å². The van der Waals surface area contributed by atoms with Crippen molar-refractivity contribution in [3.05, 3.63) is 75.4 Å². The van der Waals surface area contributed by atoms with Gasteiger partial charge >= 0.3 is 0 Å². The van der Waals surface area contributed by atoms with Crippen molar-refractivity contribution in [2.24, 2.45) is 0 Å². The number of carbonyl (C=O) groups excluding carboxylic acids is 1. The highest BCUT2D eigenvalue weighted by Gasteiger charge is 2.30. The van der Waals surface area contributed by atoms with Crippen LogP contribution in [0.15, 0.2) is 57.3 Å². The largest absolute Gasteiger partial charge is 0.469 e. The van der Waals surface area contributed by atoms with Gasteiger partial charge in [0.1, 0.15) is 10.8 Å². The maximum absolute atomic E-state index is 12.8. The molecule has 2 aliphatic rings. The van der Waals surface area contributed by atoms with Gasteiger partial charge in [-0.15, -0.1) is 11.3 Å². The molecule has 0 spiro atoms. The Labute approximate surface area is 180 Å². The summed E-state index contributed by atoms with van der Waals surface area (Å²) in [4.78, 5) is 33.2. The number of carbonyl (C=O) groups is 1. The van der Waals surface area contributed by atoms with E-state index in [1.54, 1.807) is 18.4 Å². The number of nitrogens with one attached hydrogen (secondary N) is 1. The number of ketones is 1. The van der Waals surface area contributed by atoms with Gasteiger partial charge in [-0.2, -0.15) is 0 Å². The molecule has 0 saturated carbocycles. The Balaban J connectivity index is 1.35. The van der Waals surface area contributed by atoms with E-state index in [-0.39, 0.29) is 24.1 Å². The molecule has 31 heavy (non-hydrogen) atoms. The predicted molar refractivity (Wildman–Crippen MR) is 114 cm³/mol. The third-order valence-electron chi connectivity index (χ3n) is 5.65. The smallest absolute Gasteiger partial charge is 0.258 e. The van der Waals surface area contributed by atoms with E-state index in [1.165, 1.54) is 11.3 Å². The van der Waals surface area contributed by atoms with Crippen LogP contribution in [-0.2, 0) is 6.42 Å². The molecule has 3 aromatic heterocycles. The van der Waals surface area contributed by atoms with E-state index in [0.717, 1.165) is 17.0 Å². The lowest BCUT2D eigenvalue weighted by Gasteiger charge is -2.22. The molecule has 6 rings (SSSR count). The molecule has 8 heteroatoms. The normalized spacial score (nSPS) is 17.0. The van der Waals surface area contributed by atoms with E-state index < -0.39 is 0 Å². The van der Waals surface area contributed by atoms with Gasteiger partial charge in [0.2, 0.25) is 6.79 Å². The second-order valence-electron chi connectivity index (χ2n) is 7.55. The summed E-state index contributed by atoms with van der Waals surface area (Å²) in [6.45, 7) is 0.209. The summed E-state index contributed by atoms with van der Waals surface area (Å²) in [6, 6.07) is 11.0. The number of fused-ring (bicyclic) bond motifs is 2. The average molecular weight is 432 g/mol. The van der Waals surface area contributed by atoms with Gasteiger partial charge in [-0.05, 0) is 42.8 Å². The van der Waals surface area contributed by atoms with Crippen molar-refractivity contribution in [3.63, 3.8) is 0 Å². The molecule has 0 fully saturated rings. The Bertz CT molecular complexity index is 1370. The minimum absolute atomic E-state index is 0.00676. The Morgan fingerprint density at radius 1 is 1.03 bits per heavy atom. The maximum Gasteiger partial charge on any atom is 0.258 e. The molecule has 0 radical (unpaired) electrons. The number of pyridine rings is 1. The summed E-state index contributed by atoms with van der Waals surface area (Å²) in [7, 11) is 0. The van der Waals surface area contributed by atoms with E-state index in [1.807, 2.05) is 29.6 Å². The third kappa shape index (κ3) is 3.07. The second-order valence-corrected chi connectivity index (χ2v) is 8.41. The molecule has 4 heterocycles. The van der Waals surface area contributed by atoms with Gasteiger partial charge in [-0.3, -0.25) is 9.59 Å². The fourth-order valence-corrected chi connectivity index (χ4v) is 4.94. The van der Waals surface area contributed by atoms with E-state index in [0.29, 0.717) is 46.2 Å². The average Bonchev–Trinajstić information content (AvgIpc) is 3.54. The van der Waals surface area contributed by atoms with Crippen LogP contribution in [0.3, 0.4) is 0 Å². The molecule has 0 bridgehead atoms. The van der Waals surface area contributed by atoms with Crippen LogP contribution in [0.5, 0.6) is 11.5 Å². The van der Waals surface area contributed by atoms with Gasteiger partial charge < -0.3 is 18.9 Å². The lowest BCUT2D eigenvalue weighted by atomic mass is 9.84. The monoisotopic (exact) mass is 432 g/mol. The summed E-state index contributed by atoms with van der Waals surface area (Å²) in [5.41, 5.74) is 2.97. The molecular formula is C23H16N2O5S. The van der Waals surface area contributed by atoms with Gasteiger partial charge in [0.25, 0.3) is 5.56 Å². The summed E-state index contributed by atoms with van der Waals surface area (Å²) in [5.74, 6) is 2.07. The standard InChI is InChI=1S/C23H16N2O5S/c26-18-7-13(19-2-1-5-28-19)6-16-14(18)9-15(22(27)24-16)23-25-17(10-31-23)12-3-4-20-21(8-12)30-11-29-20/h1-5,8-10,13H,6-7,11H2,(H,24,27). The molecule has 0 saturated heterocycles. The van der Waals surface area contributed by atoms with Crippen LogP contribution in [0.4, 0.5) is 0 Å². The molecule has 1 atom stereocenters. The van der Waals surface area contributed by atoms with Crippen molar-refractivity contribution in [1.29, 1.82) is 0 Å². The van der Waals surface area contributed by atoms with E-state index in [9.17, 15) is 9.59 Å². The molecule has 4 aromatic rings. The zero-order valence-corrected chi connectivity index (χ0v) is 17.0. The molecule has 7 nitrogen and oxygen atoms in total. The summed E-state index contributed by atoms with van der Waals surface area (Å²) in [5, 5.41) is 2.46. The number of benzene rings is 1. The molecule has 0 amide bonds. The fourth-order valence-electron chi connectivity index (χ4n) is 4.10. The van der Waals surface area contributed by atoms with Gasteiger partial charge in [0.15, 0.2) is 17.3 Å². The zero-order chi connectivity index (χ0) is 20.9. The van der Waals surface area contributed by atoms with Crippen LogP contribution in [0.25, 0.3) is 21.8 Å². The molecule has 154 valence electrons. The van der Waals surface area contributed by atoms with Crippen LogP contribution in [0.2, 0.25) is 0 Å². The number of furan rings is 1. The highest BCUT2D eigenvalue weighted by Crippen LogP contribution is 2.37. The highest BCUT2D eigenvalue weighted by molar-refractivity contribution is 7.13. The molecule has 1 aliphatic carbocycles. The van der Waals surface area contributed by atoms with Gasteiger partial charge in [-0.25, -0.2) is 4.98 Å². The number of rotatable bonds is 3. The Morgan fingerprint density at radius 2 is 1.94 bits per heavy atom. The van der Waals surface area contributed by atoms with Gasteiger partial charge in [0, 0.05) is 34.5 Å². The number of H-pyrrole nitrogens is 1. The van der Waals surface area contributed by atoms with Crippen molar-refractivity contribution >= 4 is 17.1 Å². The molecule has 1 unspecified atom stereocenters. The number of nitrogens with zero attached hydrogens (tertiary/aromatic N) is 1. The number of Topliss-reactive ketones (excluding diaryl/α,β-unsaturated/α-hetero) is 1. The van der Waals surface area contributed by atoms with Crippen LogP contribution in [0.1, 0.15) is 34.2 Å². The van der Waals surface area contributed by atoms with E-state index in [2.05, 4.69) is 9.97 Å². The van der Waals surface area contributed by atoms with Crippen LogP contribution in [0, 0.1) is 0 Å². The molecule has 1 N–H and O–H groups in total. The number of ether oxygens (including phenoxy) is 2. The van der Waals surface area contributed by atoms with E-state index >= 15 is 0 Å². The number of hydrogen-bond acceptors (Lipinski definition) is 7. The van der Waals surface area contributed by atoms with Gasteiger partial charge in [-0.1, -0.05) is 0 Å². The predicted octanol–water partition coefficient (Wildman–Crippen LogP) is 4.40. The number of thiazole rings is 1. The van der Waals surface area contributed by atoms with Crippen molar-refractivity contribution in [3.8, 4) is 33.3 Å². The first kappa shape index (κ1) is 18.1. The zero-order valence-electron chi connectivity index (χ0n) is 16.2. The first-order valence-electron chi connectivity index (χ1n) is 9.84. The van der Waals surface area contributed by atoms with E-state index in [4.69, 9.17) is 13.9 Å². The van der Waals surface area contributed by atoms with Crippen molar-refractivity contribution in [2.45, 2.75) is 18.8 Å². The topological polar surface area (TPSA) is 94.4 Å². The third-order valence-corrected chi connectivity index (χ3v) is 6.53. The first-order chi connectivity index (χ1) is 15.2. The Morgan fingerprint density at radius 3 is 2.81 bits per heavy atom. The number of hydrogen-bond donors (Lipinski definition) is 1. The fraction of sp³-hybridized carbons (Fsp3) is 0.174. The molecule has 1 aromatic carbocycles. The SMILES string of the molecule is O=C1CC(c2ccco2)Cc2[nH]c(=O)c(-c3nc(-c4ccc5c(c4)OCO5)cs3)cc21. The minimum atomic E-state index is -0.252. The Kier molecular flexibility index (Phi) is 4.07. The summed E-state index contributed by atoms with van der Waals surface area (Å²) in [6.07, 6.45) is 2.51. The maximum atomic E-state index is 12.8. The molecular weight excluding hydrogens is 416 g/mol. The van der Waals surface area contributed by atoms with Crippen molar-refractivity contribution < 1.29 is 18.7 Å². The number of aromatic amines is 1. The highest BCUT2D eigenvalue weighted by atomic mass is 32.1. The minimum Gasteiger partial charge on any atom is -0.469 e. The second kappa shape index (κ2) is 6.95. The van der Waals surface area contributed by atoms with Crippen LogP contribution in [-0.4, -0.2) is 22.5 Å². The summed E-state index contributed by atoms with van der Waals surface area (Å²) < 4.78 is 16.2. The summed E-state index contributed by atoms with van der Waals surface area (Å²) >= 11 is 1.37. The van der Waals surface area contributed by atoms with Crippen LogP contribution < -0.4 is 15.0 Å². The van der Waals surface area contributed by atoms with Gasteiger partial charge in [0.05, 0.1) is 17.5 Å². The van der Waals surface area contributed by atoms with Crippen molar-refractivity contribution in [1.82, 2.24) is 9.97 Å². The first-order valence-corrected chi connectivity index (χ1v) is 10.7. The molecule has 1 aliphatic heterocycles. The Hall–Kier alpha value is -3.65. The lowest BCUT2D eigenvalue weighted by molar-refractivity contribution is 0.0959. The van der Waals surface area contributed by atoms with Crippen LogP contribution >= 0.6 is 11.3 Å². The lowest BCUT2D eigenvalue weighted by Crippen LogP contribution is -2.24. The quantitative estimate of drug-likeness (QED) is 0.516.